The van der Waals surface area contributed by atoms with Gasteiger partial charge in [-0.15, -0.1) is 0 Å². The predicted molar refractivity (Wildman–Crippen MR) is 96.8 cm³/mol. The Morgan fingerprint density at radius 1 is 1.00 bits per heavy atom. The van der Waals surface area contributed by atoms with Gasteiger partial charge in [0.15, 0.2) is 0 Å². The molecule has 0 spiro atoms. The first-order valence-electron chi connectivity index (χ1n) is 8.93. The molecule has 0 aliphatic carbocycles. The highest BCUT2D eigenvalue weighted by Crippen LogP contribution is 2.31. The predicted octanol–water partition coefficient (Wildman–Crippen LogP) is 3.39. The summed E-state index contributed by atoms with van der Waals surface area (Å²) in [4.78, 5) is 12.8. The summed E-state index contributed by atoms with van der Waals surface area (Å²) in [6, 6.07) is 16.7. The molecule has 2 aromatic rings. The standard InChI is InChI=1S/C21H25NO3/c1-21(2,16-12-14-22-15-13-16)25-20(23)18-10-6-7-11-19(18)24-17-8-4-3-5-9-17/h3-11,16,22H,12-15H2,1-2H3/p+1. The number of carbonyl (C=O) groups excluding carboxylic acids is 1. The van der Waals surface area contributed by atoms with Crippen molar-refractivity contribution in [1.82, 2.24) is 0 Å². The van der Waals surface area contributed by atoms with E-state index in [2.05, 4.69) is 5.32 Å². The molecule has 4 heteroatoms. The van der Waals surface area contributed by atoms with Crippen molar-refractivity contribution in [3.63, 3.8) is 0 Å². The zero-order chi connectivity index (χ0) is 17.7. The van der Waals surface area contributed by atoms with E-state index in [0.717, 1.165) is 25.9 Å². The number of piperidine rings is 1. The lowest BCUT2D eigenvalue weighted by Gasteiger charge is -2.35. The van der Waals surface area contributed by atoms with Crippen LogP contribution in [0.15, 0.2) is 54.6 Å². The number of quaternary nitrogens is 1. The topological polar surface area (TPSA) is 52.1 Å². The Bertz CT molecular complexity index is 706. The van der Waals surface area contributed by atoms with Gasteiger partial charge in [0, 0.05) is 18.8 Å². The molecule has 132 valence electrons. The van der Waals surface area contributed by atoms with Gasteiger partial charge >= 0.3 is 5.97 Å². The molecule has 4 nitrogen and oxygen atoms in total. The molecule has 1 heterocycles. The van der Waals surface area contributed by atoms with E-state index < -0.39 is 5.60 Å². The van der Waals surface area contributed by atoms with Crippen molar-refractivity contribution in [3.05, 3.63) is 60.2 Å². The van der Waals surface area contributed by atoms with Crippen molar-refractivity contribution in [2.24, 2.45) is 5.92 Å². The second-order valence-corrected chi connectivity index (χ2v) is 7.04. The summed E-state index contributed by atoms with van der Waals surface area (Å²) in [6.45, 7) is 6.22. The van der Waals surface area contributed by atoms with Gasteiger partial charge in [0.05, 0.1) is 13.1 Å². The van der Waals surface area contributed by atoms with Crippen LogP contribution in [0.5, 0.6) is 11.5 Å². The maximum atomic E-state index is 12.8. The van der Waals surface area contributed by atoms with Crippen LogP contribution < -0.4 is 10.1 Å². The van der Waals surface area contributed by atoms with Gasteiger partial charge in [-0.25, -0.2) is 4.79 Å². The van der Waals surface area contributed by atoms with Gasteiger partial charge in [0.2, 0.25) is 0 Å². The fourth-order valence-corrected chi connectivity index (χ4v) is 3.34. The molecule has 2 N–H and O–H groups in total. The number of hydrogen-bond acceptors (Lipinski definition) is 3. The van der Waals surface area contributed by atoms with Gasteiger partial charge in [0.25, 0.3) is 0 Å². The summed E-state index contributed by atoms with van der Waals surface area (Å²) in [5.74, 6) is 1.28. The highest BCUT2D eigenvalue weighted by molar-refractivity contribution is 5.92. The number of hydrogen-bond donors (Lipinski definition) is 1. The highest BCUT2D eigenvalue weighted by Gasteiger charge is 2.36. The van der Waals surface area contributed by atoms with E-state index in [1.165, 1.54) is 0 Å². The average molecular weight is 340 g/mol. The second kappa shape index (κ2) is 7.70. The Morgan fingerprint density at radius 3 is 2.36 bits per heavy atom. The summed E-state index contributed by atoms with van der Waals surface area (Å²) >= 11 is 0. The molecule has 1 fully saturated rings. The number of para-hydroxylation sites is 2. The van der Waals surface area contributed by atoms with E-state index >= 15 is 0 Å². The third-order valence-corrected chi connectivity index (χ3v) is 4.86. The van der Waals surface area contributed by atoms with Gasteiger partial charge in [-0.05, 0) is 38.1 Å². The Hall–Kier alpha value is -2.33. The van der Waals surface area contributed by atoms with E-state index in [-0.39, 0.29) is 5.97 Å². The summed E-state index contributed by atoms with van der Waals surface area (Å²) in [5, 5.41) is 2.32. The van der Waals surface area contributed by atoms with Crippen molar-refractivity contribution < 1.29 is 19.6 Å². The Morgan fingerprint density at radius 2 is 1.64 bits per heavy atom. The van der Waals surface area contributed by atoms with Gasteiger partial charge in [-0.3, -0.25) is 0 Å². The van der Waals surface area contributed by atoms with Crippen molar-refractivity contribution in [2.45, 2.75) is 32.3 Å². The summed E-state index contributed by atoms with van der Waals surface area (Å²) < 4.78 is 11.8. The molecule has 0 radical (unpaired) electrons. The first-order chi connectivity index (χ1) is 12.1. The molecule has 0 aromatic heterocycles. The lowest BCUT2D eigenvalue weighted by molar-refractivity contribution is -0.665. The van der Waals surface area contributed by atoms with Crippen LogP contribution in [0.4, 0.5) is 0 Å². The Kier molecular flexibility index (Phi) is 5.39. The molecule has 0 saturated carbocycles. The number of nitrogens with two attached hydrogens (primary N) is 1. The van der Waals surface area contributed by atoms with Gasteiger partial charge in [-0.2, -0.15) is 0 Å². The fourth-order valence-electron chi connectivity index (χ4n) is 3.34. The van der Waals surface area contributed by atoms with Crippen LogP contribution in [0.2, 0.25) is 0 Å². The molecular weight excluding hydrogens is 314 g/mol. The Labute approximate surface area is 149 Å². The monoisotopic (exact) mass is 340 g/mol. The molecule has 0 bridgehead atoms. The quantitative estimate of drug-likeness (QED) is 0.849. The van der Waals surface area contributed by atoms with E-state index in [0.29, 0.717) is 23.0 Å². The molecule has 0 amide bonds. The fraction of sp³-hybridized carbons (Fsp3) is 0.381. The van der Waals surface area contributed by atoms with Gasteiger partial charge in [-0.1, -0.05) is 30.3 Å². The molecular formula is C21H26NO3+. The average Bonchev–Trinajstić information content (AvgIpc) is 2.63. The zero-order valence-corrected chi connectivity index (χ0v) is 14.9. The first-order valence-corrected chi connectivity index (χ1v) is 8.93. The number of carbonyl (C=O) groups is 1. The second-order valence-electron chi connectivity index (χ2n) is 7.04. The Balaban J connectivity index is 1.75. The van der Waals surface area contributed by atoms with Crippen LogP contribution in [0.3, 0.4) is 0 Å². The smallest absolute Gasteiger partial charge is 0.342 e. The zero-order valence-electron chi connectivity index (χ0n) is 14.9. The van der Waals surface area contributed by atoms with Crippen LogP contribution >= 0.6 is 0 Å². The highest BCUT2D eigenvalue weighted by atomic mass is 16.6. The first kappa shape index (κ1) is 17.5. The van der Waals surface area contributed by atoms with Gasteiger partial charge < -0.3 is 14.8 Å². The summed E-state index contributed by atoms with van der Waals surface area (Å²) in [7, 11) is 0. The summed E-state index contributed by atoms with van der Waals surface area (Å²) in [6.07, 6.45) is 2.14. The van der Waals surface area contributed by atoms with Crippen LogP contribution in [0.1, 0.15) is 37.0 Å². The maximum absolute atomic E-state index is 12.8. The molecule has 1 saturated heterocycles. The van der Waals surface area contributed by atoms with E-state index in [9.17, 15) is 4.79 Å². The molecule has 3 rings (SSSR count). The lowest BCUT2D eigenvalue weighted by atomic mass is 9.83. The molecule has 2 aromatic carbocycles. The van der Waals surface area contributed by atoms with E-state index in [4.69, 9.17) is 9.47 Å². The van der Waals surface area contributed by atoms with E-state index in [1.807, 2.05) is 56.3 Å². The number of ether oxygens (including phenoxy) is 2. The maximum Gasteiger partial charge on any atom is 0.342 e. The number of rotatable bonds is 5. The SMILES string of the molecule is CC(C)(OC(=O)c1ccccc1Oc1ccccc1)C1CC[NH2+]CC1. The molecule has 0 unspecified atom stereocenters. The number of esters is 1. The minimum Gasteiger partial charge on any atom is -0.456 e. The summed E-state index contributed by atoms with van der Waals surface area (Å²) in [5.41, 5.74) is -0.0210. The van der Waals surface area contributed by atoms with E-state index in [1.54, 1.807) is 12.1 Å². The minimum atomic E-state index is -0.481. The minimum absolute atomic E-state index is 0.328. The van der Waals surface area contributed by atoms with Crippen molar-refractivity contribution in [2.75, 3.05) is 13.1 Å². The molecule has 1 aliphatic heterocycles. The van der Waals surface area contributed by atoms with Crippen molar-refractivity contribution in [1.29, 1.82) is 0 Å². The molecule has 1 aliphatic rings. The third kappa shape index (κ3) is 4.40. The molecule has 25 heavy (non-hydrogen) atoms. The third-order valence-electron chi connectivity index (χ3n) is 4.86. The lowest BCUT2D eigenvalue weighted by Crippen LogP contribution is -2.86. The van der Waals surface area contributed by atoms with Crippen molar-refractivity contribution >= 4 is 5.97 Å². The molecule has 0 atom stereocenters. The normalized spacial score (nSPS) is 15.6. The number of benzene rings is 2. The van der Waals surface area contributed by atoms with Crippen LogP contribution in [-0.4, -0.2) is 24.7 Å². The van der Waals surface area contributed by atoms with Crippen molar-refractivity contribution in [3.8, 4) is 11.5 Å². The van der Waals surface area contributed by atoms with Crippen LogP contribution in [-0.2, 0) is 4.74 Å². The van der Waals surface area contributed by atoms with Crippen LogP contribution in [0.25, 0.3) is 0 Å². The largest absolute Gasteiger partial charge is 0.456 e. The van der Waals surface area contributed by atoms with Crippen LogP contribution in [0, 0.1) is 5.92 Å². The van der Waals surface area contributed by atoms with Gasteiger partial charge in [0.1, 0.15) is 22.7 Å².